The molecule has 3 aromatic rings. The van der Waals surface area contributed by atoms with Gasteiger partial charge in [-0.15, -0.1) is 0 Å². The van der Waals surface area contributed by atoms with E-state index in [0.717, 1.165) is 17.1 Å². The maximum atomic E-state index is 11.5. The maximum absolute atomic E-state index is 11.5. The van der Waals surface area contributed by atoms with Crippen molar-refractivity contribution in [2.24, 2.45) is 0 Å². The van der Waals surface area contributed by atoms with Crippen molar-refractivity contribution in [1.82, 2.24) is 9.97 Å². The van der Waals surface area contributed by atoms with Crippen molar-refractivity contribution in [1.29, 1.82) is 0 Å². The van der Waals surface area contributed by atoms with E-state index in [1.807, 2.05) is 50.2 Å². The maximum Gasteiger partial charge on any atom is 0.229 e. The predicted octanol–water partition coefficient (Wildman–Crippen LogP) is 4.78. The fourth-order valence-electron chi connectivity index (χ4n) is 2.50. The van der Waals surface area contributed by atoms with Gasteiger partial charge in [-0.05, 0) is 50.6 Å². The highest BCUT2D eigenvalue weighted by molar-refractivity contribution is 5.95. The zero-order valence-electron chi connectivity index (χ0n) is 14.5. The normalized spacial score (nSPS) is 10.4. The van der Waals surface area contributed by atoms with Gasteiger partial charge < -0.3 is 10.6 Å². The van der Waals surface area contributed by atoms with E-state index in [1.165, 1.54) is 5.56 Å². The Bertz CT molecular complexity index is 921. The number of aromatic nitrogens is 2. The van der Waals surface area contributed by atoms with Crippen LogP contribution in [0.5, 0.6) is 0 Å². The Balaban J connectivity index is 1.84. The molecule has 126 valence electrons. The lowest BCUT2D eigenvalue weighted by atomic mass is 10.1. The summed E-state index contributed by atoms with van der Waals surface area (Å²) in [6.07, 6.45) is 0. The van der Waals surface area contributed by atoms with Gasteiger partial charge in [0.1, 0.15) is 5.82 Å². The number of carbonyl (C=O) groups is 1. The Labute approximate surface area is 147 Å². The summed E-state index contributed by atoms with van der Waals surface area (Å²) in [4.78, 5) is 20.4. The Hall–Kier alpha value is -3.21. The van der Waals surface area contributed by atoms with Crippen LogP contribution in [0.1, 0.15) is 28.5 Å². The van der Waals surface area contributed by atoms with Crippen molar-refractivity contribution < 1.29 is 4.79 Å². The van der Waals surface area contributed by atoms with Gasteiger partial charge in [-0.2, -0.15) is 4.98 Å². The molecule has 3 rings (SSSR count). The molecule has 2 N–H and O–H groups in total. The van der Waals surface area contributed by atoms with Gasteiger partial charge in [0.2, 0.25) is 5.95 Å². The Morgan fingerprint density at radius 2 is 1.60 bits per heavy atom. The molecule has 0 unspecified atom stereocenters. The van der Waals surface area contributed by atoms with Crippen LogP contribution in [-0.2, 0) is 0 Å². The average Bonchev–Trinajstić information content (AvgIpc) is 2.54. The second kappa shape index (κ2) is 7.13. The summed E-state index contributed by atoms with van der Waals surface area (Å²) in [5, 5.41) is 6.46. The summed E-state index contributed by atoms with van der Waals surface area (Å²) in [5.74, 6) is 1.22. The molecule has 0 bridgehead atoms. The van der Waals surface area contributed by atoms with Crippen LogP contribution in [-0.4, -0.2) is 15.8 Å². The highest BCUT2D eigenvalue weighted by atomic mass is 16.1. The first-order valence-electron chi connectivity index (χ1n) is 8.07. The zero-order chi connectivity index (χ0) is 17.8. The van der Waals surface area contributed by atoms with E-state index in [1.54, 1.807) is 19.1 Å². The molecule has 5 nitrogen and oxygen atoms in total. The molecule has 1 aromatic heterocycles. The lowest BCUT2D eigenvalue weighted by Crippen LogP contribution is -2.03. The van der Waals surface area contributed by atoms with Crippen LogP contribution in [0, 0.1) is 13.8 Å². The van der Waals surface area contributed by atoms with Gasteiger partial charge in [0.25, 0.3) is 0 Å². The summed E-state index contributed by atoms with van der Waals surface area (Å²) < 4.78 is 0. The smallest absolute Gasteiger partial charge is 0.229 e. The minimum Gasteiger partial charge on any atom is -0.340 e. The number of carbonyl (C=O) groups excluding carboxylic acids is 1. The van der Waals surface area contributed by atoms with Crippen LogP contribution in [0.25, 0.3) is 0 Å². The van der Waals surface area contributed by atoms with Gasteiger partial charge in [-0.25, -0.2) is 4.98 Å². The quantitative estimate of drug-likeness (QED) is 0.658. The molecule has 1 heterocycles. The predicted molar refractivity (Wildman–Crippen MR) is 101 cm³/mol. The molecular formula is C20H20N4O. The average molecular weight is 332 g/mol. The Morgan fingerprint density at radius 1 is 0.880 bits per heavy atom. The number of nitrogens with zero attached hydrogens (tertiary/aromatic N) is 2. The molecule has 0 aliphatic rings. The van der Waals surface area contributed by atoms with E-state index in [4.69, 9.17) is 0 Å². The number of rotatable bonds is 5. The van der Waals surface area contributed by atoms with Crippen LogP contribution in [0.15, 0.2) is 54.6 Å². The van der Waals surface area contributed by atoms with E-state index < -0.39 is 0 Å². The molecule has 0 amide bonds. The highest BCUT2D eigenvalue weighted by Crippen LogP contribution is 2.20. The van der Waals surface area contributed by atoms with Crippen molar-refractivity contribution in [3.05, 3.63) is 71.4 Å². The number of Topliss-reactive ketones (excluding diaryl/α,β-unsaturated/α-hetero) is 1. The monoisotopic (exact) mass is 332 g/mol. The van der Waals surface area contributed by atoms with Gasteiger partial charge in [0, 0.05) is 28.7 Å². The van der Waals surface area contributed by atoms with Gasteiger partial charge >= 0.3 is 0 Å². The van der Waals surface area contributed by atoms with Crippen molar-refractivity contribution in [3.8, 4) is 0 Å². The second-order valence-electron chi connectivity index (χ2n) is 5.97. The first-order valence-corrected chi connectivity index (χ1v) is 8.07. The molecule has 5 heteroatoms. The van der Waals surface area contributed by atoms with Gasteiger partial charge in [-0.1, -0.05) is 24.3 Å². The zero-order valence-corrected chi connectivity index (χ0v) is 14.5. The van der Waals surface area contributed by atoms with Crippen LogP contribution in [0.2, 0.25) is 0 Å². The number of aryl methyl sites for hydroxylation is 2. The number of nitrogens with one attached hydrogen (secondary N) is 2. The lowest BCUT2D eigenvalue weighted by molar-refractivity contribution is 0.101. The molecule has 0 aliphatic heterocycles. The fraction of sp³-hybridized carbons (Fsp3) is 0.150. The molecule has 0 aliphatic carbocycles. The van der Waals surface area contributed by atoms with Gasteiger partial charge in [-0.3, -0.25) is 4.79 Å². The molecule has 0 saturated heterocycles. The summed E-state index contributed by atoms with van der Waals surface area (Å²) in [6.45, 7) is 5.51. The van der Waals surface area contributed by atoms with Crippen molar-refractivity contribution >= 4 is 28.9 Å². The minimum atomic E-state index is 0.0237. The number of hydrogen-bond acceptors (Lipinski definition) is 5. The molecular weight excluding hydrogens is 312 g/mol. The van der Waals surface area contributed by atoms with E-state index in [-0.39, 0.29) is 5.78 Å². The topological polar surface area (TPSA) is 66.9 Å². The van der Waals surface area contributed by atoms with E-state index >= 15 is 0 Å². The lowest BCUT2D eigenvalue weighted by Gasteiger charge is -2.11. The van der Waals surface area contributed by atoms with E-state index in [9.17, 15) is 4.79 Å². The first-order chi connectivity index (χ1) is 12.0. The molecule has 0 spiro atoms. The molecule has 25 heavy (non-hydrogen) atoms. The third-order valence-corrected chi connectivity index (χ3v) is 3.67. The summed E-state index contributed by atoms with van der Waals surface area (Å²) in [5.41, 5.74) is 4.42. The van der Waals surface area contributed by atoms with Crippen LogP contribution in [0.3, 0.4) is 0 Å². The number of benzene rings is 2. The SMILES string of the molecule is CC(=O)c1cccc(Nc2nc(C)cc(Nc3cccc(C)c3)n2)c1. The van der Waals surface area contributed by atoms with Crippen LogP contribution in [0.4, 0.5) is 23.1 Å². The Kier molecular flexibility index (Phi) is 4.75. The summed E-state index contributed by atoms with van der Waals surface area (Å²) >= 11 is 0. The van der Waals surface area contributed by atoms with Crippen molar-refractivity contribution in [2.75, 3.05) is 10.6 Å². The van der Waals surface area contributed by atoms with E-state index in [0.29, 0.717) is 17.3 Å². The first kappa shape index (κ1) is 16.6. The third kappa shape index (κ3) is 4.41. The Morgan fingerprint density at radius 3 is 2.32 bits per heavy atom. The minimum absolute atomic E-state index is 0.0237. The van der Waals surface area contributed by atoms with Crippen LogP contribution >= 0.6 is 0 Å². The fourth-order valence-corrected chi connectivity index (χ4v) is 2.50. The van der Waals surface area contributed by atoms with E-state index in [2.05, 4.69) is 26.7 Å². The van der Waals surface area contributed by atoms with Gasteiger partial charge in [0.15, 0.2) is 5.78 Å². The second-order valence-corrected chi connectivity index (χ2v) is 5.97. The molecule has 2 aromatic carbocycles. The molecule has 0 saturated carbocycles. The molecule has 0 atom stereocenters. The number of hydrogen-bond donors (Lipinski definition) is 2. The van der Waals surface area contributed by atoms with Crippen LogP contribution < -0.4 is 10.6 Å². The van der Waals surface area contributed by atoms with Crippen molar-refractivity contribution in [3.63, 3.8) is 0 Å². The summed E-state index contributed by atoms with van der Waals surface area (Å²) in [7, 11) is 0. The molecule has 0 radical (unpaired) electrons. The highest BCUT2D eigenvalue weighted by Gasteiger charge is 2.05. The number of anilines is 4. The standard InChI is InChI=1S/C20H20N4O/c1-13-6-4-8-17(10-13)22-19-11-14(2)21-20(24-19)23-18-9-5-7-16(12-18)15(3)25/h4-12H,1-3H3,(H2,21,22,23,24). The third-order valence-electron chi connectivity index (χ3n) is 3.67. The molecule has 0 fully saturated rings. The summed E-state index contributed by atoms with van der Waals surface area (Å²) in [6, 6.07) is 17.3. The largest absolute Gasteiger partial charge is 0.340 e. The van der Waals surface area contributed by atoms with Crippen molar-refractivity contribution in [2.45, 2.75) is 20.8 Å². The van der Waals surface area contributed by atoms with Gasteiger partial charge in [0.05, 0.1) is 0 Å². The number of ketones is 1.